The molecule has 26 heavy (non-hydrogen) atoms. The normalized spacial score (nSPS) is 29.3. The Labute approximate surface area is 155 Å². The zero-order valence-corrected chi connectivity index (χ0v) is 15.1. The highest BCUT2D eigenvalue weighted by Crippen LogP contribution is 2.35. The summed E-state index contributed by atoms with van der Waals surface area (Å²) in [5.41, 5.74) is 2.44. The van der Waals surface area contributed by atoms with Crippen molar-refractivity contribution in [2.45, 2.75) is 62.6 Å². The molecular formula is C21H27N3O2. The van der Waals surface area contributed by atoms with Crippen LogP contribution in [0.5, 0.6) is 0 Å². The Kier molecular flexibility index (Phi) is 5.23. The molecule has 5 nitrogen and oxygen atoms in total. The second-order valence-electron chi connectivity index (χ2n) is 7.94. The van der Waals surface area contributed by atoms with Gasteiger partial charge in [-0.25, -0.2) is 0 Å². The molecule has 1 aliphatic carbocycles. The summed E-state index contributed by atoms with van der Waals surface area (Å²) in [5, 5.41) is 15.8. The third kappa shape index (κ3) is 3.77. The lowest BCUT2D eigenvalue weighted by Crippen LogP contribution is -2.50. The first-order chi connectivity index (χ1) is 12.7. The van der Waals surface area contributed by atoms with E-state index in [0.717, 1.165) is 44.5 Å². The predicted molar refractivity (Wildman–Crippen MR) is 98.5 cm³/mol. The van der Waals surface area contributed by atoms with Gasteiger partial charge in [0.2, 0.25) is 5.91 Å². The molecule has 138 valence electrons. The summed E-state index contributed by atoms with van der Waals surface area (Å²) >= 11 is 0. The van der Waals surface area contributed by atoms with Crippen LogP contribution in [0.4, 0.5) is 0 Å². The number of nitrogens with one attached hydrogen (secondary N) is 2. The Morgan fingerprint density at radius 3 is 2.62 bits per heavy atom. The highest BCUT2D eigenvalue weighted by atomic mass is 16.5. The van der Waals surface area contributed by atoms with Gasteiger partial charge in [-0.2, -0.15) is 5.26 Å². The molecule has 4 rings (SSSR count). The Morgan fingerprint density at radius 1 is 1.23 bits per heavy atom. The van der Waals surface area contributed by atoms with E-state index in [2.05, 4.69) is 41.0 Å². The van der Waals surface area contributed by atoms with Crippen molar-refractivity contribution >= 4 is 5.91 Å². The number of ether oxygens (including phenoxy) is 1. The molecule has 0 unspecified atom stereocenters. The van der Waals surface area contributed by atoms with Crippen molar-refractivity contribution < 1.29 is 9.53 Å². The highest BCUT2D eigenvalue weighted by molar-refractivity contribution is 5.83. The van der Waals surface area contributed by atoms with Crippen LogP contribution in [0.15, 0.2) is 24.3 Å². The van der Waals surface area contributed by atoms with Gasteiger partial charge in [0, 0.05) is 25.7 Å². The molecule has 2 aliphatic heterocycles. The minimum Gasteiger partial charge on any atom is -0.381 e. The molecule has 3 fully saturated rings. The maximum atomic E-state index is 12.5. The summed E-state index contributed by atoms with van der Waals surface area (Å²) in [6, 6.07) is 10.7. The number of hydrogen-bond donors (Lipinski definition) is 2. The van der Waals surface area contributed by atoms with Crippen molar-refractivity contribution in [2.24, 2.45) is 5.92 Å². The summed E-state index contributed by atoms with van der Waals surface area (Å²) in [4.78, 5) is 12.5. The maximum Gasteiger partial charge on any atom is 0.238 e. The van der Waals surface area contributed by atoms with E-state index in [1.165, 1.54) is 12.0 Å². The molecular weight excluding hydrogens is 326 g/mol. The first-order valence-corrected chi connectivity index (χ1v) is 9.85. The lowest BCUT2D eigenvalue weighted by Gasteiger charge is -2.24. The quantitative estimate of drug-likeness (QED) is 0.852. The number of hydrogen-bond acceptors (Lipinski definition) is 4. The molecule has 1 aromatic rings. The molecule has 2 N–H and O–H groups in total. The van der Waals surface area contributed by atoms with Crippen LogP contribution in [0.1, 0.15) is 49.1 Å². The minimum atomic E-state index is -0.475. The van der Waals surface area contributed by atoms with Crippen molar-refractivity contribution in [3.8, 4) is 6.07 Å². The first kappa shape index (κ1) is 17.5. The largest absolute Gasteiger partial charge is 0.381 e. The number of carbonyl (C=O) groups is 1. The number of rotatable bonds is 5. The van der Waals surface area contributed by atoms with Gasteiger partial charge in [0.1, 0.15) is 6.04 Å². The van der Waals surface area contributed by atoms with Gasteiger partial charge in [0.25, 0.3) is 0 Å². The Morgan fingerprint density at radius 2 is 2.00 bits per heavy atom. The summed E-state index contributed by atoms with van der Waals surface area (Å²) in [6.45, 7) is 1.68. The van der Waals surface area contributed by atoms with Crippen LogP contribution in [0, 0.1) is 17.2 Å². The van der Waals surface area contributed by atoms with Gasteiger partial charge in [0.05, 0.1) is 12.1 Å². The molecule has 2 saturated heterocycles. The fourth-order valence-electron chi connectivity index (χ4n) is 4.73. The zero-order valence-electron chi connectivity index (χ0n) is 15.1. The van der Waals surface area contributed by atoms with Crippen LogP contribution < -0.4 is 10.6 Å². The summed E-state index contributed by atoms with van der Waals surface area (Å²) in [7, 11) is 0. The van der Waals surface area contributed by atoms with Gasteiger partial charge in [-0.1, -0.05) is 24.3 Å². The average Bonchev–Trinajstić information content (AvgIpc) is 3.32. The molecule has 3 aliphatic rings. The zero-order chi connectivity index (χ0) is 17.9. The van der Waals surface area contributed by atoms with E-state index in [1.54, 1.807) is 0 Å². The summed E-state index contributed by atoms with van der Waals surface area (Å²) < 4.78 is 5.43. The van der Waals surface area contributed by atoms with Crippen LogP contribution in [0.2, 0.25) is 0 Å². The van der Waals surface area contributed by atoms with Gasteiger partial charge >= 0.3 is 0 Å². The van der Waals surface area contributed by atoms with Crippen molar-refractivity contribution in [1.82, 2.24) is 10.6 Å². The topological polar surface area (TPSA) is 74.1 Å². The van der Waals surface area contributed by atoms with Gasteiger partial charge in [0.15, 0.2) is 0 Å². The molecule has 2 bridgehead atoms. The molecule has 0 radical (unpaired) electrons. The van der Waals surface area contributed by atoms with Gasteiger partial charge in [-0.05, 0) is 55.1 Å². The second kappa shape index (κ2) is 7.77. The van der Waals surface area contributed by atoms with Crippen molar-refractivity contribution in [3.05, 3.63) is 35.4 Å². The van der Waals surface area contributed by atoms with E-state index >= 15 is 0 Å². The van der Waals surface area contributed by atoms with E-state index in [4.69, 9.17) is 4.74 Å². The predicted octanol–water partition coefficient (Wildman–Crippen LogP) is 2.27. The van der Waals surface area contributed by atoms with Crippen molar-refractivity contribution in [3.63, 3.8) is 0 Å². The number of piperidine rings is 1. The van der Waals surface area contributed by atoms with Crippen LogP contribution in [-0.2, 0) is 16.0 Å². The minimum absolute atomic E-state index is 0.0115. The van der Waals surface area contributed by atoms with Gasteiger partial charge in [-0.15, -0.1) is 0 Å². The third-order valence-corrected chi connectivity index (χ3v) is 6.23. The lowest BCUT2D eigenvalue weighted by molar-refractivity contribution is -0.124. The number of nitrogens with zero attached hydrogens (tertiary/aromatic N) is 1. The molecule has 1 aromatic carbocycles. The fourth-order valence-corrected chi connectivity index (χ4v) is 4.73. The number of carbonyl (C=O) groups excluding carboxylic acids is 1. The number of nitriles is 1. The molecule has 1 amide bonds. The molecule has 1 saturated carbocycles. The maximum absolute atomic E-state index is 12.5. The second-order valence-corrected chi connectivity index (χ2v) is 7.94. The average molecular weight is 353 g/mol. The van der Waals surface area contributed by atoms with Crippen LogP contribution in [-0.4, -0.2) is 37.2 Å². The molecule has 4 atom stereocenters. The van der Waals surface area contributed by atoms with Crippen LogP contribution in [0.25, 0.3) is 0 Å². The summed E-state index contributed by atoms with van der Waals surface area (Å²) in [5.74, 6) is 1.01. The van der Waals surface area contributed by atoms with E-state index in [1.807, 2.05) is 0 Å². The van der Waals surface area contributed by atoms with Crippen molar-refractivity contribution in [2.75, 3.05) is 13.2 Å². The van der Waals surface area contributed by atoms with E-state index in [-0.39, 0.29) is 11.9 Å². The van der Waals surface area contributed by atoms with E-state index in [0.29, 0.717) is 24.3 Å². The standard InChI is InChI=1S/C21H27N3O2/c22-13-19(24-21(25)20-17-5-6-18(12-17)23-20)11-14-1-3-15(4-2-14)16-7-9-26-10-8-16/h1-4,16-20,23H,5-12H2,(H,24,25)/t17-,18-,19+,20+/m1/s1. The molecule has 0 spiro atoms. The number of benzene rings is 1. The number of fused-ring (bicyclic) bond motifs is 2. The SMILES string of the molecule is N#C[C@H](Cc1ccc(C2CCOCC2)cc1)NC(=O)[C@H]1N[C@@H]2CC[C@@H]1C2. The van der Waals surface area contributed by atoms with E-state index < -0.39 is 6.04 Å². The Balaban J connectivity index is 1.33. The first-order valence-electron chi connectivity index (χ1n) is 9.85. The number of amides is 1. The smallest absolute Gasteiger partial charge is 0.238 e. The molecule has 2 heterocycles. The Bertz CT molecular complexity index is 675. The Hall–Kier alpha value is -1.90. The van der Waals surface area contributed by atoms with Crippen molar-refractivity contribution in [1.29, 1.82) is 5.26 Å². The van der Waals surface area contributed by atoms with Crippen LogP contribution >= 0.6 is 0 Å². The van der Waals surface area contributed by atoms with E-state index in [9.17, 15) is 10.1 Å². The van der Waals surface area contributed by atoms with Crippen LogP contribution in [0.3, 0.4) is 0 Å². The third-order valence-electron chi connectivity index (χ3n) is 6.23. The highest BCUT2D eigenvalue weighted by Gasteiger charge is 2.43. The fraction of sp³-hybridized carbons (Fsp3) is 0.619. The lowest BCUT2D eigenvalue weighted by atomic mass is 9.90. The summed E-state index contributed by atoms with van der Waals surface area (Å²) in [6.07, 6.45) is 6.11. The monoisotopic (exact) mass is 353 g/mol. The van der Waals surface area contributed by atoms with Gasteiger partial charge in [-0.3, -0.25) is 4.79 Å². The molecule has 5 heteroatoms. The van der Waals surface area contributed by atoms with Gasteiger partial charge < -0.3 is 15.4 Å². The molecule has 0 aromatic heterocycles.